The molecule has 0 bridgehead atoms. The summed E-state index contributed by atoms with van der Waals surface area (Å²) in [5.74, 6) is -1.05. The molecule has 1 aliphatic rings. The second-order valence-corrected chi connectivity index (χ2v) is 8.00. The maximum Gasteiger partial charge on any atom is 0.340 e. The fraction of sp³-hybridized carbons (Fsp3) is 0.478. The smallest absolute Gasteiger partial charge is 0.340 e. The van der Waals surface area contributed by atoms with Crippen LogP contribution in [-0.4, -0.2) is 60.7 Å². The van der Waals surface area contributed by atoms with Crippen molar-refractivity contribution in [3.63, 3.8) is 0 Å². The molecule has 2 aromatic rings. The zero-order valence-corrected chi connectivity index (χ0v) is 18.5. The van der Waals surface area contributed by atoms with Gasteiger partial charge in [-0.15, -0.1) is 0 Å². The Morgan fingerprint density at radius 2 is 1.84 bits per heavy atom. The van der Waals surface area contributed by atoms with Gasteiger partial charge in [-0.3, -0.25) is 9.69 Å². The molecular formula is C23H30FN3O4. The van der Waals surface area contributed by atoms with E-state index in [4.69, 9.17) is 9.47 Å². The molecule has 1 fully saturated rings. The number of rotatable bonds is 7. The molecule has 1 unspecified atom stereocenters. The minimum atomic E-state index is -0.446. The van der Waals surface area contributed by atoms with Crippen molar-refractivity contribution >= 4 is 11.9 Å². The number of hydrogen-bond acceptors (Lipinski definition) is 5. The van der Waals surface area contributed by atoms with Gasteiger partial charge in [0.15, 0.2) is 0 Å². The van der Waals surface area contributed by atoms with E-state index in [1.165, 1.54) is 12.1 Å². The first-order chi connectivity index (χ1) is 14.8. The quantitative estimate of drug-likeness (QED) is 0.658. The highest BCUT2D eigenvalue weighted by molar-refractivity contribution is 6.00. The molecule has 2 heterocycles. The number of nitrogens with zero attached hydrogens (tertiary/aromatic N) is 1. The zero-order chi connectivity index (χ0) is 22.5. The van der Waals surface area contributed by atoms with Gasteiger partial charge in [-0.05, 0) is 51.0 Å². The lowest BCUT2D eigenvalue weighted by Crippen LogP contribution is -2.44. The molecule has 0 radical (unpaired) electrons. The van der Waals surface area contributed by atoms with Gasteiger partial charge in [-0.2, -0.15) is 0 Å². The molecule has 0 saturated carbocycles. The molecule has 8 heteroatoms. The van der Waals surface area contributed by atoms with E-state index in [2.05, 4.69) is 15.2 Å². The number of hydrogen-bond donors (Lipinski definition) is 2. The minimum absolute atomic E-state index is 0.116. The molecule has 0 aliphatic carbocycles. The third-order valence-corrected chi connectivity index (χ3v) is 5.41. The van der Waals surface area contributed by atoms with E-state index in [0.29, 0.717) is 42.3 Å². The van der Waals surface area contributed by atoms with Gasteiger partial charge in [0.2, 0.25) is 0 Å². The van der Waals surface area contributed by atoms with Crippen LogP contribution in [0.2, 0.25) is 0 Å². The summed E-state index contributed by atoms with van der Waals surface area (Å²) in [6.45, 7) is 10.1. The van der Waals surface area contributed by atoms with Crippen molar-refractivity contribution in [2.75, 3.05) is 32.8 Å². The number of nitrogens with one attached hydrogen (secondary N) is 2. The van der Waals surface area contributed by atoms with E-state index in [0.717, 1.165) is 18.7 Å². The second kappa shape index (κ2) is 10.1. The van der Waals surface area contributed by atoms with E-state index in [1.807, 2.05) is 0 Å². The molecule has 3 rings (SSSR count). The van der Waals surface area contributed by atoms with Crippen molar-refractivity contribution in [3.8, 4) is 0 Å². The average molecular weight is 432 g/mol. The summed E-state index contributed by atoms with van der Waals surface area (Å²) in [5.41, 5.74) is 2.81. The molecule has 1 saturated heterocycles. The molecule has 1 aromatic carbocycles. The Morgan fingerprint density at radius 3 is 2.45 bits per heavy atom. The van der Waals surface area contributed by atoms with E-state index in [1.54, 1.807) is 39.8 Å². The fourth-order valence-corrected chi connectivity index (χ4v) is 3.87. The Kier molecular flexibility index (Phi) is 7.46. The van der Waals surface area contributed by atoms with E-state index < -0.39 is 5.97 Å². The standard InChI is InChI=1S/C23H30FN3O4/c1-14(2)31-23(29)20-15(3)21(26-16(20)4)22(28)25-13-19(27-9-11-30-12-10-27)17-5-7-18(24)8-6-17/h5-8,14,19,26H,9-13H2,1-4H3,(H,25,28). The topological polar surface area (TPSA) is 83.7 Å². The lowest BCUT2D eigenvalue weighted by molar-refractivity contribution is 0.0162. The Morgan fingerprint density at radius 1 is 1.19 bits per heavy atom. The van der Waals surface area contributed by atoms with Crippen molar-refractivity contribution in [2.45, 2.75) is 39.8 Å². The minimum Gasteiger partial charge on any atom is -0.459 e. The summed E-state index contributed by atoms with van der Waals surface area (Å²) in [7, 11) is 0. The molecule has 0 spiro atoms. The van der Waals surface area contributed by atoms with E-state index in [9.17, 15) is 14.0 Å². The molecule has 1 aliphatic heterocycles. The van der Waals surface area contributed by atoms with Gasteiger partial charge in [-0.1, -0.05) is 12.1 Å². The number of carbonyl (C=O) groups excluding carboxylic acids is 2. The number of aromatic nitrogens is 1. The average Bonchev–Trinajstić information content (AvgIpc) is 3.03. The van der Waals surface area contributed by atoms with Gasteiger partial charge < -0.3 is 19.8 Å². The predicted molar refractivity (Wildman–Crippen MR) is 115 cm³/mol. The highest BCUT2D eigenvalue weighted by Gasteiger charge is 2.26. The van der Waals surface area contributed by atoms with Crippen LogP contribution in [0, 0.1) is 19.7 Å². The molecule has 31 heavy (non-hydrogen) atoms. The van der Waals surface area contributed by atoms with E-state index >= 15 is 0 Å². The summed E-state index contributed by atoms with van der Waals surface area (Å²) in [4.78, 5) is 30.6. The monoisotopic (exact) mass is 431 g/mol. The van der Waals surface area contributed by atoms with Crippen molar-refractivity contribution in [3.05, 3.63) is 58.2 Å². The van der Waals surface area contributed by atoms with Crippen LogP contribution in [0.4, 0.5) is 4.39 Å². The second-order valence-electron chi connectivity index (χ2n) is 8.00. The van der Waals surface area contributed by atoms with Crippen LogP contribution in [0.5, 0.6) is 0 Å². The van der Waals surface area contributed by atoms with Crippen LogP contribution in [0.15, 0.2) is 24.3 Å². The Balaban J connectivity index is 1.76. The van der Waals surface area contributed by atoms with Crippen LogP contribution in [-0.2, 0) is 9.47 Å². The maximum absolute atomic E-state index is 13.4. The molecule has 7 nitrogen and oxygen atoms in total. The van der Waals surface area contributed by atoms with Gasteiger partial charge in [0.1, 0.15) is 11.5 Å². The van der Waals surface area contributed by atoms with Gasteiger partial charge in [0, 0.05) is 25.3 Å². The Hall–Kier alpha value is -2.71. The Bertz CT molecular complexity index is 918. The van der Waals surface area contributed by atoms with Gasteiger partial charge in [0.25, 0.3) is 5.91 Å². The first-order valence-corrected chi connectivity index (χ1v) is 10.5. The largest absolute Gasteiger partial charge is 0.459 e. The number of H-pyrrole nitrogens is 1. The lowest BCUT2D eigenvalue weighted by Gasteiger charge is -2.35. The number of benzene rings is 1. The molecular weight excluding hydrogens is 401 g/mol. The van der Waals surface area contributed by atoms with Crippen LogP contribution < -0.4 is 5.32 Å². The number of esters is 1. The Labute approximate surface area is 181 Å². The zero-order valence-electron chi connectivity index (χ0n) is 18.5. The van der Waals surface area contributed by atoms with Crippen LogP contribution in [0.3, 0.4) is 0 Å². The number of aromatic amines is 1. The number of aryl methyl sites for hydroxylation is 1. The lowest BCUT2D eigenvalue weighted by atomic mass is 10.0. The maximum atomic E-state index is 13.4. The summed E-state index contributed by atoms with van der Waals surface area (Å²) >= 11 is 0. The summed E-state index contributed by atoms with van der Waals surface area (Å²) in [6, 6.07) is 6.22. The van der Waals surface area contributed by atoms with Crippen molar-refractivity contribution < 1.29 is 23.5 Å². The van der Waals surface area contributed by atoms with Crippen molar-refractivity contribution in [1.29, 1.82) is 0 Å². The summed E-state index contributed by atoms with van der Waals surface area (Å²) in [6.07, 6.45) is -0.247. The first-order valence-electron chi connectivity index (χ1n) is 10.5. The van der Waals surface area contributed by atoms with Crippen molar-refractivity contribution in [2.24, 2.45) is 0 Å². The van der Waals surface area contributed by atoms with Crippen LogP contribution >= 0.6 is 0 Å². The van der Waals surface area contributed by atoms with Gasteiger partial charge in [-0.25, -0.2) is 9.18 Å². The SMILES string of the molecule is Cc1[nH]c(C(=O)NCC(c2ccc(F)cc2)N2CCOCC2)c(C)c1C(=O)OC(C)C. The van der Waals surface area contributed by atoms with Crippen LogP contribution in [0.1, 0.15) is 57.6 Å². The number of morpholine rings is 1. The highest BCUT2D eigenvalue weighted by Crippen LogP contribution is 2.23. The molecule has 1 atom stereocenters. The molecule has 1 amide bonds. The van der Waals surface area contributed by atoms with E-state index in [-0.39, 0.29) is 23.9 Å². The first kappa shape index (κ1) is 23.0. The third-order valence-electron chi connectivity index (χ3n) is 5.41. The highest BCUT2D eigenvalue weighted by atomic mass is 19.1. The molecule has 2 N–H and O–H groups in total. The van der Waals surface area contributed by atoms with Crippen LogP contribution in [0.25, 0.3) is 0 Å². The number of carbonyl (C=O) groups is 2. The summed E-state index contributed by atoms with van der Waals surface area (Å²) < 4.78 is 24.2. The third kappa shape index (κ3) is 5.51. The normalized spacial score (nSPS) is 15.7. The molecule has 168 valence electrons. The van der Waals surface area contributed by atoms with Gasteiger partial charge in [0.05, 0.1) is 30.9 Å². The number of amides is 1. The van der Waals surface area contributed by atoms with Crippen molar-refractivity contribution in [1.82, 2.24) is 15.2 Å². The van der Waals surface area contributed by atoms with Gasteiger partial charge >= 0.3 is 5.97 Å². The fourth-order valence-electron chi connectivity index (χ4n) is 3.87. The molecule has 1 aromatic heterocycles. The predicted octanol–water partition coefficient (Wildman–Crippen LogP) is 3.14. The summed E-state index contributed by atoms with van der Waals surface area (Å²) in [5, 5.41) is 2.97. The number of ether oxygens (including phenoxy) is 2. The number of halogens is 1.